The van der Waals surface area contributed by atoms with Gasteiger partial charge >= 0.3 is 0 Å². The minimum Gasteiger partial charge on any atom is -0.490 e. The summed E-state index contributed by atoms with van der Waals surface area (Å²) in [5.74, 6) is 0.546. The van der Waals surface area contributed by atoms with Crippen LogP contribution < -0.4 is 29.7 Å². The fourth-order valence-electron chi connectivity index (χ4n) is 3.36. The van der Waals surface area contributed by atoms with Gasteiger partial charge in [-0.1, -0.05) is 6.07 Å². The number of carbonyl (C=O) groups excluding carboxylic acids is 1. The normalized spacial score (nSPS) is 14.7. The van der Waals surface area contributed by atoms with Crippen molar-refractivity contribution in [2.24, 2.45) is 0 Å². The predicted octanol–water partition coefficient (Wildman–Crippen LogP) is 0.735. The molecule has 0 fully saturated rings. The van der Waals surface area contributed by atoms with Crippen molar-refractivity contribution in [1.82, 2.24) is 25.1 Å². The van der Waals surface area contributed by atoms with E-state index in [0.29, 0.717) is 27.5 Å². The first kappa shape index (κ1) is 22.9. The zero-order chi connectivity index (χ0) is 23.6. The van der Waals surface area contributed by atoms with E-state index in [-0.39, 0.29) is 11.3 Å². The summed E-state index contributed by atoms with van der Waals surface area (Å²) in [6, 6.07) is 5.71. The molecule has 0 saturated carbocycles. The highest BCUT2D eigenvalue weighted by Crippen LogP contribution is 2.32. The van der Waals surface area contributed by atoms with E-state index in [4.69, 9.17) is 17.0 Å². The third kappa shape index (κ3) is 4.74. The zero-order valence-corrected chi connectivity index (χ0v) is 20.1. The fraction of sp³-hybridized carbons (Fsp3) is 0.318. The molecular weight excluding hydrogens is 460 g/mol. The lowest BCUT2D eigenvalue weighted by Gasteiger charge is -2.31. The summed E-state index contributed by atoms with van der Waals surface area (Å²) in [6.07, 6.45) is 6.09. The van der Waals surface area contributed by atoms with E-state index in [0.717, 1.165) is 23.5 Å². The Balaban J connectivity index is 1.67. The minimum atomic E-state index is -0.922. The molecule has 1 aliphatic rings. The molecule has 0 radical (unpaired) electrons. The summed E-state index contributed by atoms with van der Waals surface area (Å²) >= 11 is 6.72. The molecule has 2 aromatic heterocycles. The van der Waals surface area contributed by atoms with Gasteiger partial charge in [0.15, 0.2) is 10.9 Å². The van der Waals surface area contributed by atoms with Gasteiger partial charge in [-0.05, 0) is 56.8 Å². The molecule has 0 aliphatic carbocycles. The number of hydrogen-bond donors (Lipinski definition) is 2. The lowest BCUT2D eigenvalue weighted by atomic mass is 10.00. The Labute approximate surface area is 199 Å². The number of nitrogens with one attached hydrogen (secondary N) is 2. The van der Waals surface area contributed by atoms with Crippen molar-refractivity contribution < 1.29 is 9.53 Å². The number of rotatable bonds is 5. The monoisotopic (exact) mass is 484 g/mol. The number of nitrogens with zero attached hydrogens (tertiary/aromatic N) is 4. The Bertz CT molecular complexity index is 1360. The second-order valence-electron chi connectivity index (χ2n) is 7.90. The SMILES string of the molecule is CCNC(=S)N1CCOc2ccc(/C=c3\s/c(=C/C(=O)C(C)(C)n4cncn4)[nH]c3=O)cc21. The molecule has 172 valence electrons. The smallest absolute Gasteiger partial charge is 0.266 e. The van der Waals surface area contributed by atoms with Crippen LogP contribution in [0.25, 0.3) is 12.2 Å². The summed E-state index contributed by atoms with van der Waals surface area (Å²) in [7, 11) is 0. The van der Waals surface area contributed by atoms with Crippen LogP contribution in [0, 0.1) is 0 Å². The first-order valence-corrected chi connectivity index (χ1v) is 11.7. The summed E-state index contributed by atoms with van der Waals surface area (Å²) in [6.45, 7) is 7.41. The van der Waals surface area contributed by atoms with Gasteiger partial charge in [-0.15, -0.1) is 11.3 Å². The topological polar surface area (TPSA) is 105 Å². The van der Waals surface area contributed by atoms with Gasteiger partial charge in [-0.3, -0.25) is 9.59 Å². The number of benzene rings is 1. The number of carbonyl (C=O) groups is 1. The number of aromatic amines is 1. The van der Waals surface area contributed by atoms with Gasteiger partial charge in [0.25, 0.3) is 5.56 Å². The van der Waals surface area contributed by atoms with E-state index < -0.39 is 5.54 Å². The molecule has 4 rings (SSSR count). The highest BCUT2D eigenvalue weighted by Gasteiger charge is 2.28. The quantitative estimate of drug-likeness (QED) is 0.511. The molecule has 0 atom stereocenters. The Kier molecular flexibility index (Phi) is 6.43. The number of Topliss-reactive ketones (excluding diaryl/α,β-unsaturated/α-hetero) is 1. The van der Waals surface area contributed by atoms with Crippen LogP contribution in [0.4, 0.5) is 5.69 Å². The van der Waals surface area contributed by atoms with Gasteiger partial charge in [-0.2, -0.15) is 5.10 Å². The van der Waals surface area contributed by atoms with Crippen molar-refractivity contribution in [1.29, 1.82) is 0 Å². The largest absolute Gasteiger partial charge is 0.490 e. The standard InChI is InChI=1S/C22H24N6O3S2/c1-4-24-21(32)27-7-8-31-16-6-5-14(9-15(16)27)10-17-20(30)26-19(33-17)11-18(29)22(2,3)28-13-23-12-25-28/h5-6,9-13H,4,7-8H2,1-3H3,(H,24,32)(H,26,30)/b17-10-,19-11+. The van der Waals surface area contributed by atoms with Crippen LogP contribution in [0.1, 0.15) is 26.3 Å². The molecule has 3 heterocycles. The van der Waals surface area contributed by atoms with E-state index in [1.54, 1.807) is 19.9 Å². The van der Waals surface area contributed by atoms with Gasteiger partial charge < -0.3 is 19.9 Å². The van der Waals surface area contributed by atoms with Crippen molar-refractivity contribution in [3.63, 3.8) is 0 Å². The van der Waals surface area contributed by atoms with Crippen molar-refractivity contribution >= 4 is 52.3 Å². The van der Waals surface area contributed by atoms with Crippen molar-refractivity contribution in [2.75, 3.05) is 24.6 Å². The maximum atomic E-state index is 12.8. The van der Waals surface area contributed by atoms with Crippen LogP contribution in [0.2, 0.25) is 0 Å². The Morgan fingerprint density at radius 1 is 1.42 bits per heavy atom. The molecule has 2 N–H and O–H groups in total. The number of aromatic nitrogens is 4. The highest BCUT2D eigenvalue weighted by molar-refractivity contribution is 7.80. The molecule has 0 unspecified atom stereocenters. The molecule has 9 nitrogen and oxygen atoms in total. The Morgan fingerprint density at radius 3 is 2.97 bits per heavy atom. The summed E-state index contributed by atoms with van der Waals surface area (Å²) < 4.78 is 8.21. The van der Waals surface area contributed by atoms with E-state index in [1.165, 1.54) is 34.7 Å². The Hall–Kier alpha value is -3.31. The zero-order valence-electron chi connectivity index (χ0n) is 18.5. The second-order valence-corrected chi connectivity index (χ2v) is 9.37. The van der Waals surface area contributed by atoms with E-state index >= 15 is 0 Å². The van der Waals surface area contributed by atoms with E-state index in [2.05, 4.69) is 20.4 Å². The summed E-state index contributed by atoms with van der Waals surface area (Å²) in [4.78, 5) is 34.0. The third-order valence-electron chi connectivity index (χ3n) is 5.25. The second kappa shape index (κ2) is 9.28. The summed E-state index contributed by atoms with van der Waals surface area (Å²) in [5, 5.41) is 7.86. The maximum absolute atomic E-state index is 12.8. The van der Waals surface area contributed by atoms with Crippen LogP contribution in [0.5, 0.6) is 5.75 Å². The predicted molar refractivity (Wildman–Crippen MR) is 132 cm³/mol. The van der Waals surface area contributed by atoms with Crippen LogP contribution in [-0.2, 0) is 10.3 Å². The van der Waals surface area contributed by atoms with Gasteiger partial charge in [-0.25, -0.2) is 9.67 Å². The van der Waals surface area contributed by atoms with Crippen molar-refractivity contribution in [3.8, 4) is 5.75 Å². The number of anilines is 1. The van der Waals surface area contributed by atoms with Gasteiger partial charge in [0.05, 0.1) is 21.4 Å². The van der Waals surface area contributed by atoms with Gasteiger partial charge in [0.1, 0.15) is 30.5 Å². The highest BCUT2D eigenvalue weighted by atomic mass is 32.1. The molecule has 11 heteroatoms. The van der Waals surface area contributed by atoms with Crippen molar-refractivity contribution in [2.45, 2.75) is 26.3 Å². The molecule has 1 aliphatic heterocycles. The molecule has 33 heavy (non-hydrogen) atoms. The maximum Gasteiger partial charge on any atom is 0.266 e. The molecule has 0 bridgehead atoms. The lowest BCUT2D eigenvalue weighted by Crippen LogP contribution is -2.44. The first-order valence-electron chi connectivity index (χ1n) is 10.4. The number of ketones is 1. The third-order valence-corrected chi connectivity index (χ3v) is 6.58. The summed E-state index contributed by atoms with van der Waals surface area (Å²) in [5.41, 5.74) is 0.502. The molecule has 3 aromatic rings. The van der Waals surface area contributed by atoms with Crippen LogP contribution >= 0.6 is 23.6 Å². The molecule has 0 saturated heterocycles. The first-order chi connectivity index (χ1) is 15.8. The minimum absolute atomic E-state index is 0.199. The van der Waals surface area contributed by atoms with E-state index in [1.807, 2.05) is 30.0 Å². The number of thiazole rings is 1. The Morgan fingerprint density at radius 2 is 2.24 bits per heavy atom. The number of ether oxygens (including phenoxy) is 1. The molecular formula is C22H24N6O3S2. The van der Waals surface area contributed by atoms with Gasteiger partial charge in [0.2, 0.25) is 0 Å². The van der Waals surface area contributed by atoms with Crippen LogP contribution in [0.3, 0.4) is 0 Å². The molecule has 0 spiro atoms. The van der Waals surface area contributed by atoms with E-state index in [9.17, 15) is 9.59 Å². The van der Waals surface area contributed by atoms with Crippen LogP contribution in [-0.4, -0.2) is 50.3 Å². The molecule has 0 amide bonds. The average molecular weight is 485 g/mol. The number of H-pyrrole nitrogens is 1. The number of thiocarbonyl (C=S) groups is 1. The number of hydrogen-bond acceptors (Lipinski definition) is 7. The number of fused-ring (bicyclic) bond motifs is 1. The molecule has 1 aromatic carbocycles. The van der Waals surface area contributed by atoms with Gasteiger partial charge in [0, 0.05) is 12.6 Å². The van der Waals surface area contributed by atoms with Crippen LogP contribution in [0.15, 0.2) is 35.6 Å². The van der Waals surface area contributed by atoms with Crippen molar-refractivity contribution in [3.05, 3.63) is 56.0 Å². The average Bonchev–Trinajstić information content (AvgIpc) is 3.44. The fourth-order valence-corrected chi connectivity index (χ4v) is 4.58. The lowest BCUT2D eigenvalue weighted by molar-refractivity contribution is -0.120.